The first-order valence-corrected chi connectivity index (χ1v) is 6.81. The van der Waals surface area contributed by atoms with Gasteiger partial charge in [-0.25, -0.2) is 4.39 Å². The first-order valence-electron chi connectivity index (χ1n) is 6.81. The molecule has 0 aliphatic heterocycles. The van der Waals surface area contributed by atoms with E-state index in [1.54, 1.807) is 23.0 Å². The van der Waals surface area contributed by atoms with Crippen LogP contribution in [0.3, 0.4) is 0 Å². The van der Waals surface area contributed by atoms with Crippen LogP contribution in [0, 0.1) is 12.7 Å². The zero-order valence-electron chi connectivity index (χ0n) is 12.2. The third-order valence-corrected chi connectivity index (χ3v) is 3.30. The number of rotatable bonds is 7. The Morgan fingerprint density at radius 3 is 2.86 bits per heavy atom. The number of benzene rings is 1. The third kappa shape index (κ3) is 4.27. The zero-order chi connectivity index (χ0) is 15.2. The summed E-state index contributed by atoms with van der Waals surface area (Å²) in [6.07, 6.45) is 1.09. The summed E-state index contributed by atoms with van der Waals surface area (Å²) >= 11 is 0. The van der Waals surface area contributed by atoms with Crippen molar-refractivity contribution in [3.8, 4) is 5.75 Å². The lowest BCUT2D eigenvalue weighted by atomic mass is 10.2. The molecule has 2 aromatic rings. The SMILES string of the molecule is Cc1c(CNCC(O)COc2ccccc2F)cnn1C. The summed E-state index contributed by atoms with van der Waals surface area (Å²) in [6.45, 7) is 3.01. The molecule has 6 heteroatoms. The maximum absolute atomic E-state index is 13.3. The van der Waals surface area contributed by atoms with E-state index in [1.165, 1.54) is 12.1 Å². The second kappa shape index (κ2) is 7.19. The molecular formula is C15H20FN3O2. The number of aromatic nitrogens is 2. The Bertz CT molecular complexity index is 586. The zero-order valence-corrected chi connectivity index (χ0v) is 12.2. The largest absolute Gasteiger partial charge is 0.488 e. The molecule has 0 radical (unpaired) electrons. The minimum Gasteiger partial charge on any atom is -0.488 e. The van der Waals surface area contributed by atoms with Crippen molar-refractivity contribution < 1.29 is 14.2 Å². The van der Waals surface area contributed by atoms with Crippen LogP contribution in [-0.2, 0) is 13.6 Å². The highest BCUT2D eigenvalue weighted by molar-refractivity contribution is 5.23. The van der Waals surface area contributed by atoms with Crippen LogP contribution in [0.1, 0.15) is 11.3 Å². The van der Waals surface area contributed by atoms with Crippen molar-refractivity contribution in [2.75, 3.05) is 13.2 Å². The Kier molecular flexibility index (Phi) is 5.30. The summed E-state index contributed by atoms with van der Waals surface area (Å²) in [6, 6.07) is 6.14. The fourth-order valence-corrected chi connectivity index (χ4v) is 1.90. The average Bonchev–Trinajstić information content (AvgIpc) is 2.78. The van der Waals surface area contributed by atoms with Crippen LogP contribution < -0.4 is 10.1 Å². The second-order valence-corrected chi connectivity index (χ2v) is 4.90. The topological polar surface area (TPSA) is 59.3 Å². The standard InChI is InChI=1S/C15H20FN3O2/c1-11-12(8-18-19(11)2)7-17-9-13(20)10-21-15-6-4-3-5-14(15)16/h3-6,8,13,17,20H,7,9-10H2,1-2H3. The van der Waals surface area contributed by atoms with Gasteiger partial charge in [-0.1, -0.05) is 12.1 Å². The van der Waals surface area contributed by atoms with Gasteiger partial charge in [0.05, 0.1) is 6.20 Å². The van der Waals surface area contributed by atoms with Gasteiger partial charge in [0.15, 0.2) is 11.6 Å². The molecule has 114 valence electrons. The van der Waals surface area contributed by atoms with Crippen LogP contribution in [0.25, 0.3) is 0 Å². The average molecular weight is 293 g/mol. The highest BCUT2D eigenvalue weighted by Crippen LogP contribution is 2.15. The van der Waals surface area contributed by atoms with Crippen LogP contribution in [-0.4, -0.2) is 34.1 Å². The van der Waals surface area contributed by atoms with E-state index in [0.717, 1.165) is 11.3 Å². The molecule has 1 unspecified atom stereocenters. The van der Waals surface area contributed by atoms with E-state index in [-0.39, 0.29) is 12.4 Å². The number of ether oxygens (including phenoxy) is 1. The molecular weight excluding hydrogens is 273 g/mol. The van der Waals surface area contributed by atoms with E-state index in [9.17, 15) is 9.50 Å². The molecule has 0 amide bonds. The van der Waals surface area contributed by atoms with Gasteiger partial charge in [0.25, 0.3) is 0 Å². The molecule has 1 atom stereocenters. The number of aliphatic hydroxyl groups excluding tert-OH is 1. The van der Waals surface area contributed by atoms with E-state index in [4.69, 9.17) is 4.74 Å². The van der Waals surface area contributed by atoms with Crippen molar-refractivity contribution in [1.29, 1.82) is 0 Å². The molecule has 2 rings (SSSR count). The van der Waals surface area contributed by atoms with Gasteiger partial charge in [-0.15, -0.1) is 0 Å². The number of nitrogens with zero attached hydrogens (tertiary/aromatic N) is 2. The number of halogens is 1. The molecule has 0 saturated heterocycles. The van der Waals surface area contributed by atoms with Crippen LogP contribution in [0.5, 0.6) is 5.75 Å². The summed E-state index contributed by atoms with van der Waals surface area (Å²) in [5.74, 6) is -0.275. The number of hydrogen-bond donors (Lipinski definition) is 2. The predicted molar refractivity (Wildman–Crippen MR) is 77.6 cm³/mol. The van der Waals surface area contributed by atoms with Gasteiger partial charge in [0.1, 0.15) is 12.7 Å². The lowest BCUT2D eigenvalue weighted by Gasteiger charge is -2.13. The molecule has 0 aliphatic rings. The minimum atomic E-state index is -0.707. The Balaban J connectivity index is 1.72. The lowest BCUT2D eigenvalue weighted by Crippen LogP contribution is -2.31. The van der Waals surface area contributed by atoms with Crippen molar-refractivity contribution >= 4 is 0 Å². The number of hydrogen-bond acceptors (Lipinski definition) is 4. The molecule has 21 heavy (non-hydrogen) atoms. The van der Waals surface area contributed by atoms with Crippen LogP contribution in [0.2, 0.25) is 0 Å². The second-order valence-electron chi connectivity index (χ2n) is 4.90. The van der Waals surface area contributed by atoms with Gasteiger partial charge in [-0.2, -0.15) is 5.10 Å². The first kappa shape index (κ1) is 15.5. The summed E-state index contributed by atoms with van der Waals surface area (Å²) in [5, 5.41) is 17.1. The van der Waals surface area contributed by atoms with E-state index in [1.807, 2.05) is 14.0 Å². The van der Waals surface area contributed by atoms with E-state index < -0.39 is 11.9 Å². The van der Waals surface area contributed by atoms with Gasteiger partial charge in [-0.3, -0.25) is 4.68 Å². The number of aliphatic hydroxyl groups is 1. The smallest absolute Gasteiger partial charge is 0.165 e. The molecule has 1 aromatic heterocycles. The van der Waals surface area contributed by atoms with E-state index in [0.29, 0.717) is 13.1 Å². The molecule has 0 bridgehead atoms. The lowest BCUT2D eigenvalue weighted by molar-refractivity contribution is 0.104. The van der Waals surface area contributed by atoms with Crippen LogP contribution in [0.15, 0.2) is 30.5 Å². The predicted octanol–water partition coefficient (Wildman–Crippen LogP) is 1.40. The first-order chi connectivity index (χ1) is 10.1. The highest BCUT2D eigenvalue weighted by atomic mass is 19.1. The van der Waals surface area contributed by atoms with Crippen LogP contribution in [0.4, 0.5) is 4.39 Å². The number of nitrogens with one attached hydrogen (secondary N) is 1. The molecule has 2 N–H and O–H groups in total. The Hall–Kier alpha value is -1.92. The molecule has 1 aromatic carbocycles. The summed E-state index contributed by atoms with van der Waals surface area (Å²) in [5.41, 5.74) is 2.17. The number of aryl methyl sites for hydroxylation is 1. The number of para-hydroxylation sites is 1. The highest BCUT2D eigenvalue weighted by Gasteiger charge is 2.09. The quantitative estimate of drug-likeness (QED) is 0.810. The normalized spacial score (nSPS) is 12.4. The van der Waals surface area contributed by atoms with Crippen molar-refractivity contribution in [2.45, 2.75) is 19.6 Å². The maximum atomic E-state index is 13.3. The molecule has 0 aliphatic carbocycles. The van der Waals surface area contributed by atoms with Gasteiger partial charge in [0.2, 0.25) is 0 Å². The van der Waals surface area contributed by atoms with Gasteiger partial charge in [-0.05, 0) is 19.1 Å². The summed E-state index contributed by atoms with van der Waals surface area (Å²) in [4.78, 5) is 0. The Labute approximate surface area is 123 Å². The Morgan fingerprint density at radius 2 is 2.19 bits per heavy atom. The van der Waals surface area contributed by atoms with Crippen molar-refractivity contribution in [2.24, 2.45) is 7.05 Å². The maximum Gasteiger partial charge on any atom is 0.165 e. The molecule has 5 nitrogen and oxygen atoms in total. The third-order valence-electron chi connectivity index (χ3n) is 3.30. The van der Waals surface area contributed by atoms with Crippen molar-refractivity contribution in [3.05, 3.63) is 47.5 Å². The van der Waals surface area contributed by atoms with E-state index >= 15 is 0 Å². The van der Waals surface area contributed by atoms with Crippen molar-refractivity contribution in [3.63, 3.8) is 0 Å². The summed E-state index contributed by atoms with van der Waals surface area (Å²) < 4.78 is 20.4. The summed E-state index contributed by atoms with van der Waals surface area (Å²) in [7, 11) is 1.88. The molecule has 0 fully saturated rings. The van der Waals surface area contributed by atoms with Crippen LogP contribution >= 0.6 is 0 Å². The molecule has 0 spiro atoms. The van der Waals surface area contributed by atoms with Gasteiger partial charge >= 0.3 is 0 Å². The molecule has 1 heterocycles. The van der Waals surface area contributed by atoms with Gasteiger partial charge < -0.3 is 15.2 Å². The fourth-order valence-electron chi connectivity index (χ4n) is 1.90. The van der Waals surface area contributed by atoms with Gasteiger partial charge in [0, 0.05) is 31.4 Å². The molecule has 0 saturated carbocycles. The van der Waals surface area contributed by atoms with Crippen molar-refractivity contribution in [1.82, 2.24) is 15.1 Å². The minimum absolute atomic E-state index is 0.0416. The fraction of sp³-hybridized carbons (Fsp3) is 0.400. The van der Waals surface area contributed by atoms with E-state index in [2.05, 4.69) is 10.4 Å². The monoisotopic (exact) mass is 293 g/mol. The Morgan fingerprint density at radius 1 is 1.43 bits per heavy atom.